The van der Waals surface area contributed by atoms with E-state index in [1.807, 2.05) is 0 Å². The van der Waals surface area contributed by atoms with Crippen LogP contribution in [-0.4, -0.2) is 33.3 Å². The molecule has 5 nitrogen and oxygen atoms in total. The standard InChI is InChI=1S/C7H11N5/c1-12-10-7(9-11-12)6-2-4-8-5-3-6/h2,8H,3-5H2,1H3. The van der Waals surface area contributed by atoms with Gasteiger partial charge in [0.15, 0.2) is 0 Å². The van der Waals surface area contributed by atoms with Gasteiger partial charge in [0.2, 0.25) is 5.82 Å². The Bertz CT molecular complexity index is 301. The zero-order valence-corrected chi connectivity index (χ0v) is 6.99. The van der Waals surface area contributed by atoms with E-state index in [1.165, 1.54) is 10.4 Å². The summed E-state index contributed by atoms with van der Waals surface area (Å²) in [4.78, 5) is 1.48. The van der Waals surface area contributed by atoms with Crippen molar-refractivity contribution in [1.82, 2.24) is 25.5 Å². The van der Waals surface area contributed by atoms with Crippen molar-refractivity contribution in [2.75, 3.05) is 13.1 Å². The number of aromatic nitrogens is 4. The Balaban J connectivity index is 2.23. The van der Waals surface area contributed by atoms with E-state index in [0.29, 0.717) is 0 Å². The number of rotatable bonds is 1. The molecule has 1 aromatic rings. The van der Waals surface area contributed by atoms with Gasteiger partial charge in [0.25, 0.3) is 0 Å². The molecule has 2 rings (SSSR count). The van der Waals surface area contributed by atoms with Crippen molar-refractivity contribution in [3.8, 4) is 0 Å². The lowest BCUT2D eigenvalue weighted by atomic mass is 10.1. The number of nitrogens with zero attached hydrogens (tertiary/aromatic N) is 4. The number of hydrogen-bond donors (Lipinski definition) is 1. The SMILES string of the molecule is Cn1nnc(C2=CCNCC2)n1. The van der Waals surface area contributed by atoms with Gasteiger partial charge in [-0.2, -0.15) is 4.80 Å². The first-order valence-electron chi connectivity index (χ1n) is 4.00. The third-order valence-corrected chi connectivity index (χ3v) is 1.86. The van der Waals surface area contributed by atoms with Gasteiger partial charge in [0.05, 0.1) is 7.05 Å². The molecule has 0 amide bonds. The molecule has 0 spiro atoms. The van der Waals surface area contributed by atoms with Crippen LogP contribution in [0.1, 0.15) is 12.2 Å². The normalized spacial score (nSPS) is 17.6. The second-order valence-corrected chi connectivity index (χ2v) is 2.79. The smallest absolute Gasteiger partial charge is 0.200 e. The summed E-state index contributed by atoms with van der Waals surface area (Å²) in [7, 11) is 1.78. The van der Waals surface area contributed by atoms with E-state index in [1.54, 1.807) is 7.05 Å². The first kappa shape index (κ1) is 7.42. The molecule has 12 heavy (non-hydrogen) atoms. The van der Waals surface area contributed by atoms with E-state index in [0.717, 1.165) is 25.3 Å². The predicted octanol–water partition coefficient (Wildman–Crippen LogP) is -0.413. The van der Waals surface area contributed by atoms with Gasteiger partial charge in [-0.15, -0.1) is 10.2 Å². The Labute approximate surface area is 70.5 Å². The van der Waals surface area contributed by atoms with Crippen molar-refractivity contribution in [3.05, 3.63) is 11.9 Å². The minimum atomic E-state index is 0.763. The second-order valence-electron chi connectivity index (χ2n) is 2.79. The van der Waals surface area contributed by atoms with Gasteiger partial charge in [0.1, 0.15) is 0 Å². The fourth-order valence-corrected chi connectivity index (χ4v) is 1.24. The molecule has 0 radical (unpaired) electrons. The molecule has 0 atom stereocenters. The van der Waals surface area contributed by atoms with E-state index in [4.69, 9.17) is 0 Å². The molecule has 0 saturated carbocycles. The van der Waals surface area contributed by atoms with Crippen molar-refractivity contribution in [3.63, 3.8) is 0 Å². The Hall–Kier alpha value is -1.23. The lowest BCUT2D eigenvalue weighted by molar-refractivity contribution is 0.629. The maximum Gasteiger partial charge on any atom is 0.200 e. The van der Waals surface area contributed by atoms with Crippen molar-refractivity contribution < 1.29 is 0 Å². The highest BCUT2D eigenvalue weighted by Gasteiger charge is 2.09. The second kappa shape index (κ2) is 3.02. The van der Waals surface area contributed by atoms with Gasteiger partial charge in [-0.05, 0) is 23.8 Å². The van der Waals surface area contributed by atoms with E-state index in [-0.39, 0.29) is 0 Å². The van der Waals surface area contributed by atoms with E-state index in [9.17, 15) is 0 Å². The van der Waals surface area contributed by atoms with Crippen LogP contribution in [0.25, 0.3) is 5.57 Å². The molecule has 0 saturated heterocycles. The van der Waals surface area contributed by atoms with Gasteiger partial charge in [0, 0.05) is 6.54 Å². The number of hydrogen-bond acceptors (Lipinski definition) is 4. The molecule has 0 aromatic carbocycles. The first-order chi connectivity index (χ1) is 5.86. The minimum Gasteiger partial charge on any atom is -0.313 e. The van der Waals surface area contributed by atoms with Crippen molar-refractivity contribution in [2.24, 2.45) is 7.05 Å². The van der Waals surface area contributed by atoms with Gasteiger partial charge >= 0.3 is 0 Å². The number of aryl methyl sites for hydroxylation is 1. The topological polar surface area (TPSA) is 55.6 Å². The highest BCUT2D eigenvalue weighted by atomic mass is 15.6. The fraction of sp³-hybridized carbons (Fsp3) is 0.571. The molecule has 0 bridgehead atoms. The van der Waals surface area contributed by atoms with Crippen LogP contribution in [0, 0.1) is 0 Å². The van der Waals surface area contributed by atoms with Crippen LogP contribution in [-0.2, 0) is 7.05 Å². The van der Waals surface area contributed by atoms with Crippen LogP contribution in [0.2, 0.25) is 0 Å². The largest absolute Gasteiger partial charge is 0.313 e. The Morgan fingerprint density at radius 3 is 3.08 bits per heavy atom. The molecule has 1 aliphatic heterocycles. The summed E-state index contributed by atoms with van der Waals surface area (Å²) < 4.78 is 0. The molecule has 1 N–H and O–H groups in total. The molecule has 0 aliphatic carbocycles. The molecular weight excluding hydrogens is 154 g/mol. The van der Waals surface area contributed by atoms with Crippen molar-refractivity contribution >= 4 is 5.57 Å². The quantitative estimate of drug-likeness (QED) is 0.614. The van der Waals surface area contributed by atoms with Crippen LogP contribution in [0.15, 0.2) is 6.08 Å². The van der Waals surface area contributed by atoms with Gasteiger partial charge in [-0.1, -0.05) is 6.08 Å². The number of nitrogens with one attached hydrogen (secondary N) is 1. The maximum atomic E-state index is 4.13. The lowest BCUT2D eigenvalue weighted by Crippen LogP contribution is -2.20. The predicted molar refractivity (Wildman–Crippen MR) is 44.3 cm³/mol. The van der Waals surface area contributed by atoms with Crippen LogP contribution in [0.4, 0.5) is 0 Å². The van der Waals surface area contributed by atoms with Gasteiger partial charge in [-0.3, -0.25) is 0 Å². The van der Waals surface area contributed by atoms with Crippen molar-refractivity contribution in [2.45, 2.75) is 6.42 Å². The summed E-state index contributed by atoms with van der Waals surface area (Å²) in [5, 5.41) is 15.1. The Morgan fingerprint density at radius 2 is 2.50 bits per heavy atom. The monoisotopic (exact) mass is 165 g/mol. The highest BCUT2D eigenvalue weighted by molar-refractivity contribution is 5.60. The molecule has 64 valence electrons. The highest BCUT2D eigenvalue weighted by Crippen LogP contribution is 2.13. The summed E-state index contributed by atoms with van der Waals surface area (Å²) in [5.41, 5.74) is 1.20. The molecule has 1 aliphatic rings. The molecule has 5 heteroatoms. The molecule has 2 heterocycles. The Morgan fingerprint density at radius 1 is 1.58 bits per heavy atom. The van der Waals surface area contributed by atoms with Gasteiger partial charge < -0.3 is 5.32 Å². The minimum absolute atomic E-state index is 0.763. The van der Waals surface area contributed by atoms with Crippen LogP contribution < -0.4 is 5.32 Å². The average Bonchev–Trinajstić information content (AvgIpc) is 2.54. The van der Waals surface area contributed by atoms with E-state index < -0.39 is 0 Å². The van der Waals surface area contributed by atoms with Crippen LogP contribution in [0.3, 0.4) is 0 Å². The summed E-state index contributed by atoms with van der Waals surface area (Å²) in [5.74, 6) is 0.763. The molecule has 0 unspecified atom stereocenters. The van der Waals surface area contributed by atoms with Crippen LogP contribution >= 0.6 is 0 Å². The molecular formula is C7H11N5. The summed E-state index contributed by atoms with van der Waals surface area (Å²) in [6, 6.07) is 0. The number of tetrazole rings is 1. The van der Waals surface area contributed by atoms with Gasteiger partial charge in [-0.25, -0.2) is 0 Å². The van der Waals surface area contributed by atoms with Crippen LogP contribution in [0.5, 0.6) is 0 Å². The third-order valence-electron chi connectivity index (χ3n) is 1.86. The average molecular weight is 165 g/mol. The third kappa shape index (κ3) is 1.35. The lowest BCUT2D eigenvalue weighted by Gasteiger charge is -2.09. The van der Waals surface area contributed by atoms with E-state index in [2.05, 4.69) is 26.8 Å². The molecule has 1 aromatic heterocycles. The fourth-order valence-electron chi connectivity index (χ4n) is 1.24. The summed E-state index contributed by atoms with van der Waals surface area (Å²) in [6.07, 6.45) is 3.10. The Kier molecular flexibility index (Phi) is 1.87. The first-order valence-corrected chi connectivity index (χ1v) is 4.00. The summed E-state index contributed by atoms with van der Waals surface area (Å²) in [6.45, 7) is 1.91. The summed E-state index contributed by atoms with van der Waals surface area (Å²) >= 11 is 0. The zero-order valence-electron chi connectivity index (χ0n) is 6.99. The molecule has 0 fully saturated rings. The van der Waals surface area contributed by atoms with Crippen molar-refractivity contribution in [1.29, 1.82) is 0 Å². The van der Waals surface area contributed by atoms with E-state index >= 15 is 0 Å². The maximum absolute atomic E-state index is 4.13. The zero-order chi connectivity index (χ0) is 8.39.